The topological polar surface area (TPSA) is 58.8 Å². The largest absolute Gasteiger partial charge is 0.444 e. The fourth-order valence-corrected chi connectivity index (χ4v) is 3.86. The van der Waals surface area contributed by atoms with Gasteiger partial charge < -0.3 is 15.4 Å². The summed E-state index contributed by atoms with van der Waals surface area (Å²) in [5.74, 6) is 0. The Bertz CT molecular complexity index is 576. The molecule has 1 aromatic carbocycles. The van der Waals surface area contributed by atoms with Crippen molar-refractivity contribution in [3.8, 4) is 0 Å². The number of benzene rings is 1. The van der Waals surface area contributed by atoms with Crippen molar-refractivity contribution in [3.05, 3.63) is 35.4 Å². The lowest BCUT2D eigenvalue weighted by Crippen LogP contribution is -2.61. The van der Waals surface area contributed by atoms with E-state index < -0.39 is 5.60 Å². The average molecular weight is 331 g/mol. The van der Waals surface area contributed by atoms with E-state index in [0.29, 0.717) is 19.6 Å². The van der Waals surface area contributed by atoms with Gasteiger partial charge in [-0.15, -0.1) is 0 Å². The zero-order valence-electron chi connectivity index (χ0n) is 15.0. The highest BCUT2D eigenvalue weighted by atomic mass is 16.6. The van der Waals surface area contributed by atoms with Gasteiger partial charge in [-0.2, -0.15) is 0 Å². The van der Waals surface area contributed by atoms with Crippen LogP contribution in [0, 0.1) is 0 Å². The molecule has 1 saturated heterocycles. The lowest BCUT2D eigenvalue weighted by molar-refractivity contribution is -0.000810. The minimum atomic E-state index is -0.445. The van der Waals surface area contributed by atoms with Crippen LogP contribution in [-0.2, 0) is 17.6 Å². The minimum absolute atomic E-state index is 0.00368. The second kappa shape index (κ2) is 6.37. The Morgan fingerprint density at radius 2 is 1.67 bits per heavy atom. The Hall–Kier alpha value is -1.59. The lowest BCUT2D eigenvalue weighted by atomic mass is 9.92. The summed E-state index contributed by atoms with van der Waals surface area (Å²) in [4.78, 5) is 16.5. The van der Waals surface area contributed by atoms with Crippen molar-refractivity contribution < 1.29 is 9.53 Å². The van der Waals surface area contributed by atoms with Gasteiger partial charge in [0.25, 0.3) is 0 Å². The number of carbonyl (C=O) groups excluding carboxylic acids is 1. The first kappa shape index (κ1) is 17.2. The van der Waals surface area contributed by atoms with E-state index in [1.807, 2.05) is 25.7 Å². The molecule has 5 nitrogen and oxygen atoms in total. The number of hydrogen-bond acceptors (Lipinski definition) is 4. The van der Waals surface area contributed by atoms with Crippen molar-refractivity contribution in [3.63, 3.8) is 0 Å². The second-order valence-corrected chi connectivity index (χ2v) is 8.01. The molecule has 2 N–H and O–H groups in total. The van der Waals surface area contributed by atoms with Gasteiger partial charge in [-0.1, -0.05) is 24.3 Å². The molecule has 1 amide bonds. The van der Waals surface area contributed by atoms with Crippen LogP contribution < -0.4 is 5.73 Å². The molecule has 24 heavy (non-hydrogen) atoms. The maximum Gasteiger partial charge on any atom is 0.410 e. The van der Waals surface area contributed by atoms with E-state index >= 15 is 0 Å². The van der Waals surface area contributed by atoms with Crippen molar-refractivity contribution in [2.24, 2.45) is 5.73 Å². The summed E-state index contributed by atoms with van der Waals surface area (Å²) in [6.45, 7) is 9.46. The fourth-order valence-electron chi connectivity index (χ4n) is 3.86. The van der Waals surface area contributed by atoms with Gasteiger partial charge in [0.15, 0.2) is 0 Å². The predicted molar refractivity (Wildman–Crippen MR) is 95.0 cm³/mol. The van der Waals surface area contributed by atoms with Crippen LogP contribution in [0.25, 0.3) is 0 Å². The van der Waals surface area contributed by atoms with Crippen LogP contribution in [0.3, 0.4) is 0 Å². The molecule has 1 aromatic rings. The standard InChI is InChI=1S/C19H29N3O2/c1-18(2,3)24-17(23)21-8-10-22(11-9-21)19(14-20)12-15-6-4-5-7-16(15)13-19/h4-7H,8-14,20H2,1-3H3. The molecule has 0 aromatic heterocycles. The molecule has 0 saturated carbocycles. The molecule has 5 heteroatoms. The third-order valence-electron chi connectivity index (χ3n) is 5.14. The predicted octanol–water partition coefficient (Wildman–Crippen LogP) is 2.04. The molecule has 0 atom stereocenters. The van der Waals surface area contributed by atoms with E-state index in [4.69, 9.17) is 10.5 Å². The van der Waals surface area contributed by atoms with E-state index in [-0.39, 0.29) is 11.6 Å². The van der Waals surface area contributed by atoms with Gasteiger partial charge in [0.1, 0.15) is 5.60 Å². The number of nitrogens with zero attached hydrogens (tertiary/aromatic N) is 2. The summed E-state index contributed by atoms with van der Waals surface area (Å²) in [5, 5.41) is 0. The molecule has 0 unspecified atom stereocenters. The number of piperazine rings is 1. The van der Waals surface area contributed by atoms with Crippen molar-refractivity contribution in [2.75, 3.05) is 32.7 Å². The summed E-state index contributed by atoms with van der Waals surface area (Å²) in [6.07, 6.45) is 1.80. The molecule has 3 rings (SSSR count). The third kappa shape index (κ3) is 3.42. The van der Waals surface area contributed by atoms with Gasteiger partial charge in [-0.25, -0.2) is 4.79 Å². The molecule has 132 valence electrons. The van der Waals surface area contributed by atoms with Crippen molar-refractivity contribution in [2.45, 2.75) is 44.8 Å². The van der Waals surface area contributed by atoms with Crippen LogP contribution in [0.15, 0.2) is 24.3 Å². The number of nitrogens with two attached hydrogens (primary N) is 1. The van der Waals surface area contributed by atoms with Crippen LogP contribution in [0.1, 0.15) is 31.9 Å². The van der Waals surface area contributed by atoms with E-state index in [1.54, 1.807) is 0 Å². The summed E-state index contributed by atoms with van der Waals surface area (Å²) in [5.41, 5.74) is 8.60. The van der Waals surface area contributed by atoms with Crippen molar-refractivity contribution in [1.82, 2.24) is 9.80 Å². The first-order valence-electron chi connectivity index (χ1n) is 8.83. The fraction of sp³-hybridized carbons (Fsp3) is 0.632. The third-order valence-corrected chi connectivity index (χ3v) is 5.14. The van der Waals surface area contributed by atoms with Crippen LogP contribution in [0.4, 0.5) is 4.79 Å². The molecular weight excluding hydrogens is 302 g/mol. The number of fused-ring (bicyclic) bond motifs is 1. The monoisotopic (exact) mass is 331 g/mol. The first-order valence-corrected chi connectivity index (χ1v) is 8.83. The SMILES string of the molecule is CC(C)(C)OC(=O)N1CCN(C2(CN)Cc3ccccc3C2)CC1. The molecule has 1 heterocycles. The molecule has 1 aliphatic carbocycles. The Morgan fingerprint density at radius 3 is 2.12 bits per heavy atom. The average Bonchev–Trinajstić information content (AvgIpc) is 2.93. The lowest BCUT2D eigenvalue weighted by Gasteiger charge is -2.45. The smallest absolute Gasteiger partial charge is 0.410 e. The first-order chi connectivity index (χ1) is 11.3. The highest BCUT2D eigenvalue weighted by Crippen LogP contribution is 2.34. The number of carbonyl (C=O) groups is 1. The molecule has 1 aliphatic heterocycles. The van der Waals surface area contributed by atoms with Gasteiger partial charge in [-0.05, 0) is 44.7 Å². The number of hydrogen-bond donors (Lipinski definition) is 1. The van der Waals surface area contributed by atoms with E-state index in [2.05, 4.69) is 29.2 Å². The molecule has 0 bridgehead atoms. The zero-order chi connectivity index (χ0) is 17.4. The molecule has 1 fully saturated rings. The van der Waals surface area contributed by atoms with Gasteiger partial charge in [-0.3, -0.25) is 4.90 Å². The summed E-state index contributed by atoms with van der Waals surface area (Å²) >= 11 is 0. The minimum Gasteiger partial charge on any atom is -0.444 e. The summed E-state index contributed by atoms with van der Waals surface area (Å²) in [7, 11) is 0. The maximum atomic E-state index is 12.2. The Labute approximate surface area is 144 Å². The number of amides is 1. The van der Waals surface area contributed by atoms with Gasteiger partial charge in [0, 0.05) is 38.3 Å². The Balaban J connectivity index is 1.63. The molecule has 2 aliphatic rings. The van der Waals surface area contributed by atoms with Crippen LogP contribution >= 0.6 is 0 Å². The maximum absolute atomic E-state index is 12.2. The van der Waals surface area contributed by atoms with Crippen LogP contribution in [-0.4, -0.2) is 59.8 Å². The summed E-state index contributed by atoms with van der Waals surface area (Å²) < 4.78 is 5.48. The normalized spacial score (nSPS) is 20.8. The van der Waals surface area contributed by atoms with Gasteiger partial charge in [0.2, 0.25) is 0 Å². The Kier molecular flexibility index (Phi) is 4.58. The van der Waals surface area contributed by atoms with Crippen LogP contribution in [0.5, 0.6) is 0 Å². The second-order valence-electron chi connectivity index (χ2n) is 8.01. The van der Waals surface area contributed by atoms with Gasteiger partial charge in [0.05, 0.1) is 0 Å². The molecular formula is C19H29N3O2. The summed E-state index contributed by atoms with van der Waals surface area (Å²) in [6, 6.07) is 8.63. The highest BCUT2D eigenvalue weighted by molar-refractivity contribution is 5.68. The number of ether oxygens (including phenoxy) is 1. The highest BCUT2D eigenvalue weighted by Gasteiger charge is 2.42. The van der Waals surface area contributed by atoms with E-state index in [9.17, 15) is 4.79 Å². The van der Waals surface area contributed by atoms with E-state index in [1.165, 1.54) is 11.1 Å². The molecule has 0 spiro atoms. The van der Waals surface area contributed by atoms with Crippen molar-refractivity contribution >= 4 is 6.09 Å². The Morgan fingerprint density at radius 1 is 1.12 bits per heavy atom. The quantitative estimate of drug-likeness (QED) is 0.901. The van der Waals surface area contributed by atoms with Gasteiger partial charge >= 0.3 is 6.09 Å². The number of rotatable bonds is 2. The molecule has 0 radical (unpaired) electrons. The van der Waals surface area contributed by atoms with Crippen LogP contribution in [0.2, 0.25) is 0 Å². The zero-order valence-corrected chi connectivity index (χ0v) is 15.0. The van der Waals surface area contributed by atoms with Crippen molar-refractivity contribution in [1.29, 1.82) is 0 Å². The van der Waals surface area contributed by atoms with E-state index in [0.717, 1.165) is 25.9 Å².